The maximum Gasteiger partial charge on any atom is 0.236 e. The van der Waals surface area contributed by atoms with Crippen molar-refractivity contribution in [1.29, 1.82) is 0 Å². The monoisotopic (exact) mass is 270 g/mol. The average molecular weight is 270 g/mol. The molecule has 1 atom stereocenters. The summed E-state index contributed by atoms with van der Waals surface area (Å²) in [5.41, 5.74) is -0.725. The summed E-state index contributed by atoms with van der Waals surface area (Å²) in [6.45, 7) is 10.9. The molecule has 1 aliphatic heterocycles. The summed E-state index contributed by atoms with van der Waals surface area (Å²) in [4.78, 5) is 16.4. The van der Waals surface area contributed by atoms with Gasteiger partial charge in [-0.1, -0.05) is 13.3 Å². The molecule has 0 spiro atoms. The zero-order chi connectivity index (χ0) is 14.5. The second-order valence-electron chi connectivity index (χ2n) is 6.11. The van der Waals surface area contributed by atoms with Crippen LogP contribution in [0.2, 0.25) is 0 Å². The zero-order valence-electron chi connectivity index (χ0n) is 13.0. The Balaban J connectivity index is 2.55. The van der Waals surface area contributed by atoms with Gasteiger partial charge in [-0.2, -0.15) is 0 Å². The fourth-order valence-corrected chi connectivity index (χ4v) is 2.90. The lowest BCUT2D eigenvalue weighted by molar-refractivity contribution is -0.133. The SMILES string of the molecule is CCCCN(CC)C(=O)CN1CCCC1C(C)(C)O. The fourth-order valence-electron chi connectivity index (χ4n) is 2.90. The lowest BCUT2D eigenvalue weighted by Crippen LogP contribution is -2.49. The number of carbonyl (C=O) groups excluding carboxylic acids is 1. The summed E-state index contributed by atoms with van der Waals surface area (Å²) in [6, 6.07) is 0.112. The minimum Gasteiger partial charge on any atom is -0.389 e. The second-order valence-corrected chi connectivity index (χ2v) is 6.11. The normalized spacial score (nSPS) is 20.8. The first-order chi connectivity index (χ1) is 8.90. The van der Waals surface area contributed by atoms with Crippen molar-refractivity contribution in [2.75, 3.05) is 26.2 Å². The summed E-state index contributed by atoms with van der Waals surface area (Å²) in [5.74, 6) is 0.201. The largest absolute Gasteiger partial charge is 0.389 e. The van der Waals surface area contributed by atoms with Gasteiger partial charge in [-0.05, 0) is 46.6 Å². The van der Waals surface area contributed by atoms with E-state index in [0.717, 1.165) is 45.3 Å². The Morgan fingerprint density at radius 2 is 2.11 bits per heavy atom. The van der Waals surface area contributed by atoms with E-state index in [4.69, 9.17) is 0 Å². The van der Waals surface area contributed by atoms with Crippen LogP contribution >= 0.6 is 0 Å². The molecular weight excluding hydrogens is 240 g/mol. The Kier molecular flexibility index (Phi) is 6.27. The topological polar surface area (TPSA) is 43.8 Å². The van der Waals surface area contributed by atoms with Crippen molar-refractivity contribution < 1.29 is 9.90 Å². The number of aliphatic hydroxyl groups is 1. The summed E-state index contributed by atoms with van der Waals surface area (Å²) in [5, 5.41) is 10.2. The molecular formula is C15H30N2O2. The second kappa shape index (κ2) is 7.25. The third-order valence-electron chi connectivity index (χ3n) is 4.03. The molecule has 0 aliphatic carbocycles. The van der Waals surface area contributed by atoms with Crippen molar-refractivity contribution in [1.82, 2.24) is 9.80 Å². The van der Waals surface area contributed by atoms with E-state index in [1.54, 1.807) is 0 Å². The molecule has 0 aromatic carbocycles. The van der Waals surface area contributed by atoms with Gasteiger partial charge < -0.3 is 10.0 Å². The maximum atomic E-state index is 12.3. The van der Waals surface area contributed by atoms with Gasteiger partial charge >= 0.3 is 0 Å². The number of amides is 1. The molecule has 0 saturated carbocycles. The van der Waals surface area contributed by atoms with Crippen molar-refractivity contribution in [3.05, 3.63) is 0 Å². The van der Waals surface area contributed by atoms with Crippen LogP contribution in [0.3, 0.4) is 0 Å². The van der Waals surface area contributed by atoms with Crippen LogP contribution in [0.5, 0.6) is 0 Å². The van der Waals surface area contributed by atoms with Crippen LogP contribution in [0.1, 0.15) is 53.4 Å². The smallest absolute Gasteiger partial charge is 0.236 e. The van der Waals surface area contributed by atoms with E-state index in [9.17, 15) is 9.90 Å². The van der Waals surface area contributed by atoms with Crippen LogP contribution < -0.4 is 0 Å². The number of unbranched alkanes of at least 4 members (excludes halogenated alkanes) is 1. The first kappa shape index (κ1) is 16.4. The minimum atomic E-state index is -0.725. The Labute approximate surface area is 117 Å². The molecule has 112 valence electrons. The van der Waals surface area contributed by atoms with E-state index in [2.05, 4.69) is 11.8 Å². The van der Waals surface area contributed by atoms with Gasteiger partial charge in [-0.3, -0.25) is 9.69 Å². The predicted octanol–water partition coefficient (Wildman–Crippen LogP) is 1.87. The highest BCUT2D eigenvalue weighted by Gasteiger charge is 2.36. The van der Waals surface area contributed by atoms with Crippen molar-refractivity contribution in [2.45, 2.75) is 65.0 Å². The number of hydrogen-bond acceptors (Lipinski definition) is 3. The molecule has 1 saturated heterocycles. The van der Waals surface area contributed by atoms with E-state index >= 15 is 0 Å². The number of likely N-dealkylation sites (N-methyl/N-ethyl adjacent to an activating group) is 1. The van der Waals surface area contributed by atoms with Gasteiger partial charge in [-0.25, -0.2) is 0 Å². The van der Waals surface area contributed by atoms with Gasteiger partial charge in [0.25, 0.3) is 0 Å². The molecule has 19 heavy (non-hydrogen) atoms. The zero-order valence-corrected chi connectivity index (χ0v) is 13.0. The average Bonchev–Trinajstić information content (AvgIpc) is 2.78. The van der Waals surface area contributed by atoms with Gasteiger partial charge in [0.1, 0.15) is 0 Å². The van der Waals surface area contributed by atoms with E-state index < -0.39 is 5.60 Å². The predicted molar refractivity (Wildman–Crippen MR) is 78.1 cm³/mol. The number of likely N-dealkylation sites (tertiary alicyclic amines) is 1. The van der Waals surface area contributed by atoms with E-state index in [1.165, 1.54) is 0 Å². The van der Waals surface area contributed by atoms with Gasteiger partial charge in [-0.15, -0.1) is 0 Å². The fraction of sp³-hybridized carbons (Fsp3) is 0.933. The van der Waals surface area contributed by atoms with Crippen molar-refractivity contribution >= 4 is 5.91 Å². The molecule has 0 radical (unpaired) electrons. The number of carbonyl (C=O) groups is 1. The molecule has 1 amide bonds. The Morgan fingerprint density at radius 3 is 2.63 bits per heavy atom. The third kappa shape index (κ3) is 4.77. The van der Waals surface area contributed by atoms with Crippen molar-refractivity contribution in [3.63, 3.8) is 0 Å². The maximum absolute atomic E-state index is 12.3. The lowest BCUT2D eigenvalue weighted by Gasteiger charge is -2.34. The molecule has 4 heteroatoms. The van der Waals surface area contributed by atoms with Gasteiger partial charge in [0.15, 0.2) is 0 Å². The summed E-state index contributed by atoms with van der Waals surface area (Å²) in [7, 11) is 0. The summed E-state index contributed by atoms with van der Waals surface area (Å²) < 4.78 is 0. The molecule has 1 rings (SSSR count). The van der Waals surface area contributed by atoms with E-state index in [1.807, 2.05) is 25.7 Å². The standard InChI is InChI=1S/C15H30N2O2/c1-5-7-10-16(6-2)14(18)12-17-11-8-9-13(17)15(3,4)19/h13,19H,5-12H2,1-4H3. The molecule has 0 aromatic rings. The Morgan fingerprint density at radius 1 is 1.42 bits per heavy atom. The first-order valence-corrected chi connectivity index (χ1v) is 7.64. The third-order valence-corrected chi connectivity index (χ3v) is 4.03. The van der Waals surface area contributed by atoms with Crippen LogP contribution in [-0.4, -0.2) is 58.6 Å². The summed E-state index contributed by atoms with van der Waals surface area (Å²) in [6.07, 6.45) is 4.23. The van der Waals surface area contributed by atoms with Crippen LogP contribution in [0.25, 0.3) is 0 Å². The van der Waals surface area contributed by atoms with Crippen LogP contribution in [-0.2, 0) is 4.79 Å². The van der Waals surface area contributed by atoms with E-state index in [0.29, 0.717) is 6.54 Å². The van der Waals surface area contributed by atoms with Gasteiger partial charge in [0.2, 0.25) is 5.91 Å². The Bertz CT molecular complexity index is 286. The number of rotatable bonds is 7. The van der Waals surface area contributed by atoms with Crippen molar-refractivity contribution in [2.24, 2.45) is 0 Å². The quantitative estimate of drug-likeness (QED) is 0.768. The molecule has 1 N–H and O–H groups in total. The molecule has 1 fully saturated rings. The van der Waals surface area contributed by atoms with Gasteiger partial charge in [0, 0.05) is 19.1 Å². The van der Waals surface area contributed by atoms with E-state index in [-0.39, 0.29) is 11.9 Å². The highest BCUT2D eigenvalue weighted by Crippen LogP contribution is 2.26. The number of nitrogens with zero attached hydrogens (tertiary/aromatic N) is 2. The van der Waals surface area contributed by atoms with Gasteiger partial charge in [0.05, 0.1) is 12.1 Å². The highest BCUT2D eigenvalue weighted by atomic mass is 16.3. The van der Waals surface area contributed by atoms with Crippen LogP contribution in [0.4, 0.5) is 0 Å². The van der Waals surface area contributed by atoms with Crippen LogP contribution in [0, 0.1) is 0 Å². The first-order valence-electron chi connectivity index (χ1n) is 7.64. The molecule has 4 nitrogen and oxygen atoms in total. The highest BCUT2D eigenvalue weighted by molar-refractivity contribution is 5.78. The minimum absolute atomic E-state index is 0.112. The molecule has 1 heterocycles. The molecule has 0 aromatic heterocycles. The van der Waals surface area contributed by atoms with Crippen LogP contribution in [0.15, 0.2) is 0 Å². The van der Waals surface area contributed by atoms with Crippen molar-refractivity contribution in [3.8, 4) is 0 Å². The molecule has 1 aliphatic rings. The Hall–Kier alpha value is -0.610. The molecule has 0 bridgehead atoms. The summed E-state index contributed by atoms with van der Waals surface area (Å²) >= 11 is 0. The lowest BCUT2D eigenvalue weighted by atomic mass is 9.97. The molecule has 1 unspecified atom stereocenters. The number of hydrogen-bond donors (Lipinski definition) is 1.